The van der Waals surface area contributed by atoms with E-state index in [9.17, 15) is 9.59 Å². The first-order chi connectivity index (χ1) is 14.5. The average molecular weight is 412 g/mol. The predicted octanol–water partition coefficient (Wildman–Crippen LogP) is 3.61. The molecule has 2 unspecified atom stereocenters. The summed E-state index contributed by atoms with van der Waals surface area (Å²) in [4.78, 5) is 31.7. The first-order valence-corrected chi connectivity index (χ1v) is 10.4. The van der Waals surface area contributed by atoms with E-state index < -0.39 is 6.09 Å². The molecule has 0 radical (unpaired) electrons. The highest BCUT2D eigenvalue weighted by molar-refractivity contribution is 5.84. The van der Waals surface area contributed by atoms with E-state index in [1.807, 2.05) is 31.1 Å². The van der Waals surface area contributed by atoms with Crippen LogP contribution < -0.4 is 5.32 Å². The Morgan fingerprint density at radius 3 is 2.50 bits per heavy atom. The fourth-order valence-electron chi connectivity index (χ4n) is 4.71. The summed E-state index contributed by atoms with van der Waals surface area (Å²) in [6.45, 7) is 1.76. The monoisotopic (exact) mass is 412 g/mol. The van der Waals surface area contributed by atoms with E-state index in [1.54, 1.807) is 4.90 Å². The molecule has 4 rings (SSSR count). The molecule has 0 spiro atoms. The predicted molar refractivity (Wildman–Crippen MR) is 111 cm³/mol. The Morgan fingerprint density at radius 1 is 1.20 bits per heavy atom. The van der Waals surface area contributed by atoms with Gasteiger partial charge in [-0.05, 0) is 54.7 Å². The van der Waals surface area contributed by atoms with Crippen molar-refractivity contribution < 1.29 is 18.7 Å². The second-order valence-electron chi connectivity index (χ2n) is 8.41. The Morgan fingerprint density at radius 2 is 1.90 bits per heavy atom. The molecule has 2 aliphatic rings. The van der Waals surface area contributed by atoms with Crippen LogP contribution in [0.4, 0.5) is 15.3 Å². The van der Waals surface area contributed by atoms with E-state index in [2.05, 4.69) is 22.4 Å². The van der Waals surface area contributed by atoms with E-state index in [0.717, 1.165) is 19.5 Å². The smallest absolute Gasteiger partial charge is 0.412 e. The zero-order valence-electron chi connectivity index (χ0n) is 17.4. The van der Waals surface area contributed by atoms with Crippen LogP contribution in [-0.4, -0.2) is 54.1 Å². The second kappa shape index (κ2) is 8.77. The number of benzene rings is 1. The van der Waals surface area contributed by atoms with Crippen LogP contribution in [0.2, 0.25) is 0 Å². The van der Waals surface area contributed by atoms with Crippen molar-refractivity contribution in [3.63, 3.8) is 0 Å². The Bertz CT molecular complexity index is 852. The van der Waals surface area contributed by atoms with Crippen molar-refractivity contribution in [3.05, 3.63) is 48.2 Å². The van der Waals surface area contributed by atoms with Crippen LogP contribution in [0.15, 0.2) is 41.3 Å². The summed E-state index contributed by atoms with van der Waals surface area (Å²) in [6.07, 6.45) is 5.68. The normalized spacial score (nSPS) is 22.6. The average Bonchev–Trinajstić information content (AvgIpc) is 3.32. The van der Waals surface area contributed by atoms with Gasteiger partial charge in [0.2, 0.25) is 0 Å². The zero-order chi connectivity index (χ0) is 21.1. The molecule has 1 aliphatic heterocycles. The van der Waals surface area contributed by atoms with Gasteiger partial charge in [0.15, 0.2) is 18.8 Å². The van der Waals surface area contributed by atoms with Gasteiger partial charge in [0.25, 0.3) is 0 Å². The number of nitrogens with zero attached hydrogens (tertiary/aromatic N) is 3. The maximum Gasteiger partial charge on any atom is 0.412 e. The SMILES string of the molecule is CN(C)C(=O)N1CC2CCC(C1)C2Cc1ccc(NC(=O)OCc2cnco2)cc1. The summed E-state index contributed by atoms with van der Waals surface area (Å²) in [6, 6.07) is 8.04. The lowest BCUT2D eigenvalue weighted by Crippen LogP contribution is -2.49. The Balaban J connectivity index is 1.29. The molecule has 160 valence electrons. The maximum atomic E-state index is 12.3. The van der Waals surface area contributed by atoms with E-state index in [4.69, 9.17) is 9.15 Å². The van der Waals surface area contributed by atoms with E-state index in [-0.39, 0.29) is 12.6 Å². The molecule has 2 heterocycles. The van der Waals surface area contributed by atoms with Crippen molar-refractivity contribution in [1.29, 1.82) is 0 Å². The number of carbonyl (C=O) groups is 2. The number of fused-ring (bicyclic) bond motifs is 2. The van der Waals surface area contributed by atoms with Crippen molar-refractivity contribution in [1.82, 2.24) is 14.8 Å². The lowest BCUT2D eigenvalue weighted by atomic mass is 9.81. The fraction of sp³-hybridized carbons (Fsp3) is 0.500. The minimum atomic E-state index is -0.532. The summed E-state index contributed by atoms with van der Waals surface area (Å²) < 4.78 is 10.1. The molecule has 1 aromatic carbocycles. The first kappa shape index (κ1) is 20.3. The number of piperidine rings is 1. The third kappa shape index (κ3) is 4.58. The van der Waals surface area contributed by atoms with E-state index in [1.165, 1.54) is 31.0 Å². The topological polar surface area (TPSA) is 87.9 Å². The number of rotatable bonds is 5. The molecule has 1 saturated carbocycles. The van der Waals surface area contributed by atoms with Gasteiger partial charge in [0, 0.05) is 32.9 Å². The number of anilines is 1. The molecule has 30 heavy (non-hydrogen) atoms. The Labute approximate surface area is 176 Å². The quantitative estimate of drug-likeness (QED) is 0.811. The Kier molecular flexibility index (Phi) is 5.92. The highest BCUT2D eigenvalue weighted by atomic mass is 16.6. The highest BCUT2D eigenvalue weighted by Crippen LogP contribution is 2.43. The summed E-state index contributed by atoms with van der Waals surface area (Å²) in [5, 5.41) is 2.72. The number of oxazole rings is 1. The molecule has 2 bridgehead atoms. The van der Waals surface area contributed by atoms with E-state index in [0.29, 0.717) is 29.2 Å². The number of hydrogen-bond acceptors (Lipinski definition) is 5. The summed E-state index contributed by atoms with van der Waals surface area (Å²) in [5.41, 5.74) is 1.94. The van der Waals surface area contributed by atoms with Gasteiger partial charge in [-0.3, -0.25) is 5.32 Å². The molecule has 2 atom stereocenters. The summed E-state index contributed by atoms with van der Waals surface area (Å²) in [7, 11) is 3.63. The number of urea groups is 1. The minimum absolute atomic E-state index is 0.0434. The standard InChI is InChI=1S/C22H28N4O4/c1-25(2)22(28)26-11-16-5-6-17(12-26)20(16)9-15-3-7-18(8-4-15)24-21(27)29-13-19-10-23-14-30-19/h3-4,7-8,10,14,16-17,20H,5-6,9,11-13H2,1-2H3,(H,24,27). The summed E-state index contributed by atoms with van der Waals surface area (Å²) in [5.74, 6) is 2.24. The minimum Gasteiger partial charge on any atom is -0.445 e. The van der Waals surface area contributed by atoms with Gasteiger partial charge in [-0.2, -0.15) is 0 Å². The molecule has 2 fully saturated rings. The molecule has 8 nitrogen and oxygen atoms in total. The third-order valence-corrected chi connectivity index (χ3v) is 6.18. The second-order valence-corrected chi connectivity index (χ2v) is 8.41. The molecule has 1 aliphatic carbocycles. The van der Waals surface area contributed by atoms with Crippen molar-refractivity contribution in [2.45, 2.75) is 25.9 Å². The maximum absolute atomic E-state index is 12.3. The Hall–Kier alpha value is -3.03. The van der Waals surface area contributed by atoms with Gasteiger partial charge in [-0.1, -0.05) is 12.1 Å². The zero-order valence-corrected chi connectivity index (χ0v) is 17.4. The van der Waals surface area contributed by atoms with Gasteiger partial charge >= 0.3 is 12.1 Å². The van der Waals surface area contributed by atoms with Crippen molar-refractivity contribution >= 4 is 17.8 Å². The van der Waals surface area contributed by atoms with Gasteiger partial charge < -0.3 is 19.0 Å². The van der Waals surface area contributed by atoms with Crippen molar-refractivity contribution in [3.8, 4) is 0 Å². The number of likely N-dealkylation sites (tertiary alicyclic amines) is 1. The molecule has 1 aromatic heterocycles. The third-order valence-electron chi connectivity index (χ3n) is 6.18. The largest absolute Gasteiger partial charge is 0.445 e. The van der Waals surface area contributed by atoms with Gasteiger partial charge in [-0.15, -0.1) is 0 Å². The number of carbonyl (C=O) groups excluding carboxylic acids is 2. The molecule has 1 saturated heterocycles. The van der Waals surface area contributed by atoms with Crippen molar-refractivity contribution in [2.24, 2.45) is 17.8 Å². The van der Waals surface area contributed by atoms with Crippen LogP contribution >= 0.6 is 0 Å². The van der Waals surface area contributed by atoms with Gasteiger partial charge in [0.1, 0.15) is 0 Å². The van der Waals surface area contributed by atoms with Crippen LogP contribution in [0.25, 0.3) is 0 Å². The fourth-order valence-corrected chi connectivity index (χ4v) is 4.71. The molecule has 8 heteroatoms. The van der Waals surface area contributed by atoms with Crippen LogP contribution in [0.3, 0.4) is 0 Å². The van der Waals surface area contributed by atoms with Gasteiger partial charge in [0.05, 0.1) is 6.20 Å². The molecular weight excluding hydrogens is 384 g/mol. The number of ether oxygens (including phenoxy) is 1. The molecular formula is C22H28N4O4. The van der Waals surface area contributed by atoms with Crippen LogP contribution in [0, 0.1) is 17.8 Å². The van der Waals surface area contributed by atoms with Gasteiger partial charge in [-0.25, -0.2) is 14.6 Å². The lowest BCUT2D eigenvalue weighted by molar-refractivity contribution is 0.107. The lowest BCUT2D eigenvalue weighted by Gasteiger charge is -2.39. The summed E-state index contributed by atoms with van der Waals surface area (Å²) >= 11 is 0. The van der Waals surface area contributed by atoms with Crippen LogP contribution in [0.1, 0.15) is 24.2 Å². The molecule has 1 N–H and O–H groups in total. The number of hydrogen-bond donors (Lipinski definition) is 1. The van der Waals surface area contributed by atoms with Crippen molar-refractivity contribution in [2.75, 3.05) is 32.5 Å². The van der Waals surface area contributed by atoms with Crippen LogP contribution in [0.5, 0.6) is 0 Å². The first-order valence-electron chi connectivity index (χ1n) is 10.4. The number of amides is 3. The highest BCUT2D eigenvalue weighted by Gasteiger charge is 2.43. The molecule has 2 aromatic rings. The number of aromatic nitrogens is 1. The number of nitrogens with one attached hydrogen (secondary N) is 1. The molecule has 3 amide bonds. The van der Waals surface area contributed by atoms with Crippen LogP contribution in [-0.2, 0) is 17.8 Å². The van der Waals surface area contributed by atoms with E-state index >= 15 is 0 Å².